The van der Waals surface area contributed by atoms with Crippen LogP contribution in [0.2, 0.25) is 0 Å². The van der Waals surface area contributed by atoms with Crippen molar-refractivity contribution in [3.8, 4) is 0 Å². The predicted octanol–water partition coefficient (Wildman–Crippen LogP) is 4.31. The first-order chi connectivity index (χ1) is 14.2. The van der Waals surface area contributed by atoms with Crippen LogP contribution in [-0.4, -0.2) is 53.7 Å². The van der Waals surface area contributed by atoms with Crippen molar-refractivity contribution in [3.05, 3.63) is 72.8 Å². The van der Waals surface area contributed by atoms with Crippen LogP contribution in [0.4, 0.5) is 10.5 Å². The summed E-state index contributed by atoms with van der Waals surface area (Å²) in [5.74, 6) is 0.528. The zero-order valence-electron chi connectivity index (χ0n) is 16.1. The van der Waals surface area contributed by atoms with Gasteiger partial charge in [0.1, 0.15) is 0 Å². The Morgan fingerprint density at radius 1 is 0.793 bits per heavy atom. The summed E-state index contributed by atoms with van der Waals surface area (Å²) in [6, 6.07) is 23.8. The lowest BCUT2D eigenvalue weighted by Gasteiger charge is -2.34. The number of carbonyl (C=O) groups is 2. The Hall–Kier alpha value is -2.99. The van der Waals surface area contributed by atoms with Crippen LogP contribution in [0.1, 0.15) is 0 Å². The van der Waals surface area contributed by atoms with Gasteiger partial charge in [-0.15, -0.1) is 11.8 Å². The van der Waals surface area contributed by atoms with Crippen molar-refractivity contribution in [2.75, 3.05) is 37.2 Å². The van der Waals surface area contributed by atoms with E-state index in [-0.39, 0.29) is 11.9 Å². The van der Waals surface area contributed by atoms with E-state index >= 15 is 0 Å². The normalized spacial score (nSPS) is 14.1. The van der Waals surface area contributed by atoms with E-state index in [0.29, 0.717) is 31.9 Å². The quantitative estimate of drug-likeness (QED) is 0.658. The van der Waals surface area contributed by atoms with Crippen molar-refractivity contribution < 1.29 is 9.59 Å². The standard InChI is InChI=1S/C23H23N3O2S/c27-22(17-29-21-11-10-18-6-4-5-7-19(18)16-21)25-12-14-26(15-13-25)23(28)24-20-8-2-1-3-9-20/h1-11,16H,12-15,17H2,(H,24,28). The number of para-hydroxylation sites is 1. The summed E-state index contributed by atoms with van der Waals surface area (Å²) < 4.78 is 0. The molecule has 0 radical (unpaired) electrons. The molecule has 0 spiro atoms. The smallest absolute Gasteiger partial charge is 0.321 e. The number of piperazine rings is 1. The van der Waals surface area contributed by atoms with E-state index in [4.69, 9.17) is 0 Å². The third-order valence-corrected chi connectivity index (χ3v) is 6.01. The Morgan fingerprint density at radius 3 is 2.21 bits per heavy atom. The minimum atomic E-state index is -0.117. The molecule has 5 nitrogen and oxygen atoms in total. The number of thioether (sulfide) groups is 1. The highest BCUT2D eigenvalue weighted by Gasteiger charge is 2.24. The van der Waals surface area contributed by atoms with Gasteiger partial charge >= 0.3 is 6.03 Å². The van der Waals surface area contributed by atoms with Crippen LogP contribution in [0.3, 0.4) is 0 Å². The number of rotatable bonds is 4. The molecular weight excluding hydrogens is 382 g/mol. The molecule has 1 aliphatic rings. The maximum absolute atomic E-state index is 12.6. The van der Waals surface area contributed by atoms with Crippen LogP contribution in [0, 0.1) is 0 Å². The van der Waals surface area contributed by atoms with Gasteiger partial charge < -0.3 is 15.1 Å². The fraction of sp³-hybridized carbons (Fsp3) is 0.217. The Balaban J connectivity index is 1.25. The molecule has 3 aromatic carbocycles. The number of urea groups is 1. The number of anilines is 1. The number of fused-ring (bicyclic) bond motifs is 1. The van der Waals surface area contributed by atoms with E-state index in [1.54, 1.807) is 16.7 Å². The van der Waals surface area contributed by atoms with Crippen LogP contribution >= 0.6 is 11.8 Å². The van der Waals surface area contributed by atoms with E-state index in [1.165, 1.54) is 10.8 Å². The van der Waals surface area contributed by atoms with Crippen LogP contribution in [0.25, 0.3) is 10.8 Å². The minimum absolute atomic E-state index is 0.117. The van der Waals surface area contributed by atoms with Crippen molar-refractivity contribution in [1.82, 2.24) is 9.80 Å². The number of carbonyl (C=O) groups excluding carboxylic acids is 2. The summed E-state index contributed by atoms with van der Waals surface area (Å²) in [7, 11) is 0. The van der Waals surface area contributed by atoms with E-state index in [0.717, 1.165) is 10.6 Å². The fourth-order valence-corrected chi connectivity index (χ4v) is 4.22. The van der Waals surface area contributed by atoms with Gasteiger partial charge in [0.15, 0.2) is 0 Å². The maximum atomic E-state index is 12.6. The highest BCUT2D eigenvalue weighted by molar-refractivity contribution is 8.00. The second kappa shape index (κ2) is 9.01. The highest BCUT2D eigenvalue weighted by Crippen LogP contribution is 2.24. The van der Waals surface area contributed by atoms with Gasteiger partial charge in [-0.2, -0.15) is 0 Å². The Morgan fingerprint density at radius 2 is 1.45 bits per heavy atom. The number of hydrogen-bond donors (Lipinski definition) is 1. The molecule has 1 N–H and O–H groups in total. The Labute approximate surface area is 174 Å². The Kier molecular flexibility index (Phi) is 6.00. The second-order valence-corrected chi connectivity index (χ2v) is 8.01. The van der Waals surface area contributed by atoms with Crippen LogP contribution in [0.5, 0.6) is 0 Å². The molecule has 6 heteroatoms. The van der Waals surface area contributed by atoms with Crippen molar-refractivity contribution in [1.29, 1.82) is 0 Å². The van der Waals surface area contributed by atoms with Crippen LogP contribution in [0.15, 0.2) is 77.7 Å². The predicted molar refractivity (Wildman–Crippen MR) is 118 cm³/mol. The molecule has 29 heavy (non-hydrogen) atoms. The van der Waals surface area contributed by atoms with Gasteiger partial charge in [-0.1, -0.05) is 48.5 Å². The topological polar surface area (TPSA) is 52.7 Å². The van der Waals surface area contributed by atoms with Gasteiger partial charge in [0.05, 0.1) is 5.75 Å². The molecule has 1 fully saturated rings. The van der Waals surface area contributed by atoms with Gasteiger partial charge in [-0.3, -0.25) is 4.79 Å². The number of nitrogens with one attached hydrogen (secondary N) is 1. The first-order valence-corrected chi connectivity index (χ1v) is 10.7. The summed E-state index contributed by atoms with van der Waals surface area (Å²) >= 11 is 1.56. The van der Waals surface area contributed by atoms with Crippen molar-refractivity contribution in [3.63, 3.8) is 0 Å². The molecule has 1 aliphatic heterocycles. The van der Waals surface area contributed by atoms with Crippen LogP contribution < -0.4 is 5.32 Å². The largest absolute Gasteiger partial charge is 0.338 e. The molecule has 1 saturated heterocycles. The molecule has 1 heterocycles. The maximum Gasteiger partial charge on any atom is 0.321 e. The lowest BCUT2D eigenvalue weighted by atomic mass is 10.1. The second-order valence-electron chi connectivity index (χ2n) is 6.96. The molecule has 4 rings (SSSR count). The molecule has 0 saturated carbocycles. The number of nitrogens with zero attached hydrogens (tertiary/aromatic N) is 2. The van der Waals surface area contributed by atoms with Crippen molar-refractivity contribution >= 4 is 40.2 Å². The molecular formula is C23H23N3O2S. The van der Waals surface area contributed by atoms with Gasteiger partial charge in [-0.05, 0) is 35.0 Å². The van der Waals surface area contributed by atoms with E-state index < -0.39 is 0 Å². The molecule has 3 aromatic rings. The number of amides is 3. The van der Waals surface area contributed by atoms with Crippen molar-refractivity contribution in [2.45, 2.75) is 4.90 Å². The molecule has 0 aliphatic carbocycles. The van der Waals surface area contributed by atoms with Gasteiger partial charge in [0, 0.05) is 36.8 Å². The average molecular weight is 406 g/mol. The fourth-order valence-electron chi connectivity index (χ4n) is 3.38. The molecule has 0 atom stereocenters. The summed E-state index contributed by atoms with van der Waals surface area (Å²) in [5, 5.41) is 5.28. The van der Waals surface area contributed by atoms with E-state index in [2.05, 4.69) is 35.6 Å². The zero-order valence-corrected chi connectivity index (χ0v) is 16.9. The molecule has 3 amide bonds. The highest BCUT2D eigenvalue weighted by atomic mass is 32.2. The molecule has 0 unspecified atom stereocenters. The van der Waals surface area contributed by atoms with Gasteiger partial charge in [0.25, 0.3) is 0 Å². The van der Waals surface area contributed by atoms with Crippen LogP contribution in [-0.2, 0) is 4.79 Å². The lowest BCUT2D eigenvalue weighted by molar-refractivity contribution is -0.129. The monoisotopic (exact) mass is 405 g/mol. The number of hydrogen-bond acceptors (Lipinski definition) is 3. The van der Waals surface area contributed by atoms with E-state index in [9.17, 15) is 9.59 Å². The average Bonchev–Trinajstić information content (AvgIpc) is 2.78. The first kappa shape index (κ1) is 19.3. The summed E-state index contributed by atoms with van der Waals surface area (Å²) in [6.45, 7) is 2.23. The third kappa shape index (κ3) is 4.90. The molecule has 0 bridgehead atoms. The van der Waals surface area contributed by atoms with Gasteiger partial charge in [-0.25, -0.2) is 4.79 Å². The van der Waals surface area contributed by atoms with Crippen molar-refractivity contribution in [2.24, 2.45) is 0 Å². The third-order valence-electron chi connectivity index (χ3n) is 5.03. The lowest BCUT2D eigenvalue weighted by Crippen LogP contribution is -2.52. The minimum Gasteiger partial charge on any atom is -0.338 e. The summed E-state index contributed by atoms with van der Waals surface area (Å²) in [5.41, 5.74) is 0.780. The Bertz CT molecular complexity index is 1000. The van der Waals surface area contributed by atoms with Gasteiger partial charge in [0.2, 0.25) is 5.91 Å². The SMILES string of the molecule is O=C(CSc1ccc2ccccc2c1)N1CCN(C(=O)Nc2ccccc2)CC1. The summed E-state index contributed by atoms with van der Waals surface area (Å²) in [6.07, 6.45) is 0. The first-order valence-electron chi connectivity index (χ1n) is 9.69. The molecule has 0 aromatic heterocycles. The summed E-state index contributed by atoms with van der Waals surface area (Å²) in [4.78, 5) is 29.7. The molecule has 148 valence electrons. The zero-order chi connectivity index (χ0) is 20.1. The van der Waals surface area contributed by atoms with E-state index in [1.807, 2.05) is 47.4 Å². The number of benzene rings is 3.